The van der Waals surface area contributed by atoms with Gasteiger partial charge in [0.2, 0.25) is 0 Å². The lowest BCUT2D eigenvalue weighted by atomic mass is 9.76. The molecule has 5 rings (SSSR count). The topological polar surface area (TPSA) is 61.0 Å². The lowest BCUT2D eigenvalue weighted by Gasteiger charge is -2.38. The summed E-state index contributed by atoms with van der Waals surface area (Å²) >= 11 is 1.33. The van der Waals surface area contributed by atoms with Crippen molar-refractivity contribution in [1.82, 2.24) is 9.55 Å². The predicted molar refractivity (Wildman–Crippen MR) is 132 cm³/mol. The van der Waals surface area contributed by atoms with Gasteiger partial charge in [0.05, 0.1) is 4.92 Å². The van der Waals surface area contributed by atoms with Crippen LogP contribution >= 0.6 is 11.3 Å². The van der Waals surface area contributed by atoms with Crippen molar-refractivity contribution < 1.29 is 4.92 Å². The van der Waals surface area contributed by atoms with Gasteiger partial charge >= 0.3 is 0 Å². The molecule has 0 spiro atoms. The molecule has 5 aromatic rings. The summed E-state index contributed by atoms with van der Waals surface area (Å²) in [6.07, 6.45) is 1.95. The van der Waals surface area contributed by atoms with E-state index in [0.717, 1.165) is 22.5 Å². The van der Waals surface area contributed by atoms with Gasteiger partial charge in [0, 0.05) is 12.3 Å². The van der Waals surface area contributed by atoms with Gasteiger partial charge in [0.15, 0.2) is 0 Å². The van der Waals surface area contributed by atoms with E-state index in [-0.39, 0.29) is 10.6 Å². The lowest BCUT2D eigenvalue weighted by Crippen LogP contribution is -2.38. The Labute approximate surface area is 195 Å². The van der Waals surface area contributed by atoms with Crippen LogP contribution in [0.25, 0.3) is 10.6 Å². The highest BCUT2D eigenvalue weighted by atomic mass is 32.1. The summed E-state index contributed by atoms with van der Waals surface area (Å²) in [4.78, 5) is 16.6. The minimum atomic E-state index is -0.703. The summed E-state index contributed by atoms with van der Waals surface area (Å²) in [5.41, 5.74) is 3.21. The Hall–Kier alpha value is -4.03. The second kappa shape index (κ2) is 8.48. The average Bonchev–Trinajstić information content (AvgIpc) is 3.49. The van der Waals surface area contributed by atoms with Crippen LogP contribution in [0, 0.1) is 17.0 Å². The molecule has 0 amide bonds. The van der Waals surface area contributed by atoms with Crippen molar-refractivity contribution in [1.29, 1.82) is 0 Å². The van der Waals surface area contributed by atoms with Crippen LogP contribution in [0.5, 0.6) is 0 Å². The fourth-order valence-corrected chi connectivity index (χ4v) is 5.33. The number of benzene rings is 3. The molecule has 0 unspecified atom stereocenters. The van der Waals surface area contributed by atoms with E-state index in [4.69, 9.17) is 4.98 Å². The molecule has 162 valence electrons. The van der Waals surface area contributed by atoms with E-state index in [2.05, 4.69) is 41.0 Å². The zero-order valence-electron chi connectivity index (χ0n) is 18.0. The Morgan fingerprint density at radius 1 is 0.818 bits per heavy atom. The van der Waals surface area contributed by atoms with Gasteiger partial charge in [-0.2, -0.15) is 0 Å². The molecule has 0 atom stereocenters. The van der Waals surface area contributed by atoms with Crippen molar-refractivity contribution in [2.45, 2.75) is 12.5 Å². The van der Waals surface area contributed by atoms with Crippen LogP contribution in [0.2, 0.25) is 0 Å². The van der Waals surface area contributed by atoms with Crippen LogP contribution in [0.1, 0.15) is 22.5 Å². The van der Waals surface area contributed by atoms with Gasteiger partial charge in [-0.15, -0.1) is 11.3 Å². The zero-order chi connectivity index (χ0) is 22.8. The summed E-state index contributed by atoms with van der Waals surface area (Å²) < 4.78 is 2.14. The van der Waals surface area contributed by atoms with Crippen LogP contribution in [0.4, 0.5) is 5.69 Å². The maximum absolute atomic E-state index is 11.6. The van der Waals surface area contributed by atoms with Gasteiger partial charge in [0.1, 0.15) is 21.9 Å². The third kappa shape index (κ3) is 3.45. The molecule has 2 aromatic heterocycles. The highest BCUT2D eigenvalue weighted by Gasteiger charge is 2.40. The normalized spacial score (nSPS) is 11.4. The predicted octanol–water partition coefficient (Wildman–Crippen LogP) is 6.67. The fourth-order valence-electron chi connectivity index (χ4n) is 4.51. The maximum atomic E-state index is 11.6. The van der Waals surface area contributed by atoms with Crippen LogP contribution in [-0.4, -0.2) is 14.5 Å². The molecule has 0 aliphatic heterocycles. The second-order valence-corrected chi connectivity index (χ2v) is 8.66. The summed E-state index contributed by atoms with van der Waals surface area (Å²) in [5.74, 6) is 0.768. The van der Waals surface area contributed by atoms with Gasteiger partial charge in [0.25, 0.3) is 5.69 Å². The van der Waals surface area contributed by atoms with E-state index in [1.807, 2.05) is 67.7 Å². The molecule has 0 saturated heterocycles. The first kappa shape index (κ1) is 20.8. The van der Waals surface area contributed by atoms with E-state index in [1.54, 1.807) is 5.38 Å². The number of aryl methyl sites for hydroxylation is 1. The molecule has 0 fully saturated rings. The van der Waals surface area contributed by atoms with Gasteiger partial charge in [-0.1, -0.05) is 91.0 Å². The molecule has 0 N–H and O–H groups in total. The van der Waals surface area contributed by atoms with Crippen LogP contribution in [-0.2, 0) is 5.54 Å². The van der Waals surface area contributed by atoms with Gasteiger partial charge in [-0.25, -0.2) is 4.98 Å². The Morgan fingerprint density at radius 2 is 1.30 bits per heavy atom. The Morgan fingerprint density at radius 3 is 1.76 bits per heavy atom. The molecule has 0 aliphatic carbocycles. The largest absolute Gasteiger partial charge is 0.316 e. The lowest BCUT2D eigenvalue weighted by molar-refractivity contribution is -0.383. The van der Waals surface area contributed by atoms with Crippen LogP contribution in [0.3, 0.4) is 0 Å². The van der Waals surface area contributed by atoms with Crippen molar-refractivity contribution in [2.75, 3.05) is 0 Å². The highest BCUT2D eigenvalue weighted by molar-refractivity contribution is 7.14. The van der Waals surface area contributed by atoms with Gasteiger partial charge in [-0.3, -0.25) is 10.1 Å². The molecule has 3 aromatic carbocycles. The summed E-state index contributed by atoms with van der Waals surface area (Å²) in [6.45, 7) is 1.95. The molecule has 0 radical (unpaired) electrons. The Bertz CT molecular complexity index is 1300. The Balaban J connectivity index is 1.86. The van der Waals surface area contributed by atoms with Crippen molar-refractivity contribution in [3.63, 3.8) is 0 Å². The van der Waals surface area contributed by atoms with Gasteiger partial charge in [-0.05, 0) is 29.0 Å². The number of rotatable bonds is 6. The van der Waals surface area contributed by atoms with E-state index >= 15 is 0 Å². The van der Waals surface area contributed by atoms with Crippen molar-refractivity contribution in [3.05, 3.63) is 141 Å². The van der Waals surface area contributed by atoms with Gasteiger partial charge < -0.3 is 4.57 Å². The molecule has 0 aliphatic rings. The van der Waals surface area contributed by atoms with Crippen molar-refractivity contribution in [2.24, 2.45) is 0 Å². The zero-order valence-corrected chi connectivity index (χ0v) is 18.8. The number of hydrogen-bond donors (Lipinski definition) is 0. The van der Waals surface area contributed by atoms with Crippen molar-refractivity contribution >= 4 is 17.0 Å². The molecule has 6 heteroatoms. The third-order valence-electron chi connectivity index (χ3n) is 5.89. The smallest absolute Gasteiger partial charge is 0.289 e. The minimum Gasteiger partial charge on any atom is -0.316 e. The van der Waals surface area contributed by atoms with E-state index in [1.165, 1.54) is 17.4 Å². The SMILES string of the molecule is Cc1nc(-c2sccc2[N+](=O)[O-])cn1C(c1ccccc1)(c1ccccc1)c1ccccc1. The third-order valence-corrected chi connectivity index (χ3v) is 6.82. The quantitative estimate of drug-likeness (QED) is 0.165. The number of hydrogen-bond acceptors (Lipinski definition) is 4. The fraction of sp³-hybridized carbons (Fsp3) is 0.0741. The molecule has 0 saturated carbocycles. The second-order valence-electron chi connectivity index (χ2n) is 7.74. The van der Waals surface area contributed by atoms with E-state index in [0.29, 0.717) is 10.6 Å². The molecule has 33 heavy (non-hydrogen) atoms. The first-order valence-corrected chi connectivity index (χ1v) is 11.5. The molecule has 2 heterocycles. The summed E-state index contributed by atoms with van der Waals surface area (Å²) in [5, 5.41) is 13.3. The molecular formula is C27H21N3O2S. The number of aromatic nitrogens is 2. The highest BCUT2D eigenvalue weighted by Crippen LogP contribution is 2.43. The standard InChI is InChI=1S/C27H21N3O2S/c1-20-28-24(26-25(30(31)32)17-18-33-26)19-29(20)27(21-11-5-2-6-12-21,22-13-7-3-8-14-22)23-15-9-4-10-16-23/h2-19H,1H3. The first-order chi connectivity index (χ1) is 16.1. The van der Waals surface area contributed by atoms with Crippen LogP contribution < -0.4 is 0 Å². The maximum Gasteiger partial charge on any atom is 0.289 e. The number of nitrogens with zero attached hydrogens (tertiary/aromatic N) is 3. The number of nitro groups is 1. The van der Waals surface area contributed by atoms with E-state index < -0.39 is 5.54 Å². The molecule has 0 bridgehead atoms. The van der Waals surface area contributed by atoms with Crippen molar-refractivity contribution in [3.8, 4) is 10.6 Å². The van der Waals surface area contributed by atoms with E-state index in [9.17, 15) is 10.1 Å². The summed E-state index contributed by atoms with van der Waals surface area (Å²) in [6, 6.07) is 32.5. The number of thiophene rings is 1. The van der Waals surface area contributed by atoms with Crippen LogP contribution in [0.15, 0.2) is 109 Å². The number of imidazole rings is 1. The minimum absolute atomic E-state index is 0.0781. The average molecular weight is 452 g/mol. The summed E-state index contributed by atoms with van der Waals surface area (Å²) in [7, 11) is 0. The molecular weight excluding hydrogens is 430 g/mol. The monoisotopic (exact) mass is 451 g/mol. The first-order valence-electron chi connectivity index (χ1n) is 10.6. The molecule has 5 nitrogen and oxygen atoms in total. The Kier molecular flexibility index (Phi) is 5.36.